The van der Waals surface area contributed by atoms with Crippen molar-refractivity contribution in [2.45, 2.75) is 30.9 Å². The van der Waals surface area contributed by atoms with E-state index in [1.165, 1.54) is 0 Å². The molecule has 90 valence electrons. The van der Waals surface area contributed by atoms with Crippen LogP contribution in [-0.4, -0.2) is 53.0 Å². The lowest BCUT2D eigenvalue weighted by Gasteiger charge is -2.19. The number of likely N-dealkylation sites (tertiary alicyclic amines) is 2. The number of rotatable bonds is 4. The summed E-state index contributed by atoms with van der Waals surface area (Å²) < 4.78 is 0. The molecule has 2 aliphatic heterocycles. The fourth-order valence-electron chi connectivity index (χ4n) is 2.36. The van der Waals surface area contributed by atoms with Crippen LogP contribution in [0.3, 0.4) is 0 Å². The highest BCUT2D eigenvalue weighted by Crippen LogP contribution is 2.16. The van der Waals surface area contributed by atoms with Crippen LogP contribution < -0.4 is 0 Å². The number of carbonyl (C=O) groups is 2. The Kier molecular flexibility index (Phi) is 3.74. The van der Waals surface area contributed by atoms with Gasteiger partial charge in [-0.15, -0.1) is 0 Å². The summed E-state index contributed by atoms with van der Waals surface area (Å²) >= 11 is 4.31. The van der Waals surface area contributed by atoms with Crippen molar-refractivity contribution >= 4 is 24.4 Å². The second-order valence-electron chi connectivity index (χ2n) is 4.54. The average Bonchev–Trinajstić information content (AvgIpc) is 2.75. The van der Waals surface area contributed by atoms with E-state index in [-0.39, 0.29) is 17.1 Å². The molecule has 0 aliphatic carbocycles. The maximum Gasteiger partial charge on any atom is 0.223 e. The fourth-order valence-corrected chi connectivity index (χ4v) is 2.71. The molecule has 2 amide bonds. The summed E-state index contributed by atoms with van der Waals surface area (Å²) in [5.74, 6) is 0.465. The van der Waals surface area contributed by atoms with Crippen molar-refractivity contribution in [2.24, 2.45) is 0 Å². The molecule has 2 saturated heterocycles. The van der Waals surface area contributed by atoms with Crippen molar-refractivity contribution in [3.8, 4) is 0 Å². The van der Waals surface area contributed by atoms with Crippen LogP contribution in [0.4, 0.5) is 0 Å². The first-order valence-electron chi connectivity index (χ1n) is 5.90. The summed E-state index contributed by atoms with van der Waals surface area (Å²) in [4.78, 5) is 26.6. The van der Waals surface area contributed by atoms with Crippen molar-refractivity contribution in [3.63, 3.8) is 0 Å². The van der Waals surface area contributed by atoms with E-state index in [9.17, 15) is 9.59 Å². The highest BCUT2D eigenvalue weighted by Gasteiger charge is 2.27. The topological polar surface area (TPSA) is 40.6 Å². The number of thiol groups is 1. The van der Waals surface area contributed by atoms with Gasteiger partial charge >= 0.3 is 0 Å². The molecule has 0 radical (unpaired) electrons. The Morgan fingerprint density at radius 1 is 1.19 bits per heavy atom. The molecule has 5 heteroatoms. The summed E-state index contributed by atoms with van der Waals surface area (Å²) in [6.07, 6.45) is 3.13. The maximum atomic E-state index is 11.5. The Bertz CT molecular complexity index is 296. The molecule has 0 aromatic rings. The molecular formula is C11H18N2O2S. The van der Waals surface area contributed by atoms with Crippen LogP contribution >= 0.6 is 12.6 Å². The summed E-state index contributed by atoms with van der Waals surface area (Å²) in [5, 5.41) is 0.195. The quantitative estimate of drug-likeness (QED) is 0.731. The van der Waals surface area contributed by atoms with Crippen LogP contribution in [0.25, 0.3) is 0 Å². The predicted molar refractivity (Wildman–Crippen MR) is 64.4 cm³/mol. The van der Waals surface area contributed by atoms with E-state index in [1.54, 1.807) is 0 Å². The second-order valence-corrected chi connectivity index (χ2v) is 5.27. The molecule has 0 N–H and O–H groups in total. The van der Waals surface area contributed by atoms with Gasteiger partial charge in [0.25, 0.3) is 0 Å². The first-order chi connectivity index (χ1) is 7.66. The monoisotopic (exact) mass is 242 g/mol. The van der Waals surface area contributed by atoms with Gasteiger partial charge < -0.3 is 9.80 Å². The Balaban J connectivity index is 1.68. The third-order valence-corrected chi connectivity index (χ3v) is 3.57. The smallest absolute Gasteiger partial charge is 0.223 e. The van der Waals surface area contributed by atoms with Gasteiger partial charge in [0.05, 0.1) is 0 Å². The van der Waals surface area contributed by atoms with Crippen molar-refractivity contribution in [1.82, 2.24) is 9.80 Å². The number of hydrogen-bond donors (Lipinski definition) is 1. The molecule has 0 saturated carbocycles. The molecule has 0 spiro atoms. The first kappa shape index (κ1) is 11.8. The molecule has 2 aliphatic rings. The fraction of sp³-hybridized carbons (Fsp3) is 0.818. The third kappa shape index (κ3) is 2.70. The minimum atomic E-state index is 0.195. The Morgan fingerprint density at radius 2 is 1.94 bits per heavy atom. The van der Waals surface area contributed by atoms with Gasteiger partial charge in [0.2, 0.25) is 11.8 Å². The minimum absolute atomic E-state index is 0.195. The molecule has 16 heavy (non-hydrogen) atoms. The van der Waals surface area contributed by atoms with Gasteiger partial charge in [-0.3, -0.25) is 9.59 Å². The average molecular weight is 242 g/mol. The highest BCUT2D eigenvalue weighted by molar-refractivity contribution is 7.81. The van der Waals surface area contributed by atoms with E-state index < -0.39 is 0 Å². The zero-order valence-corrected chi connectivity index (χ0v) is 10.3. The van der Waals surface area contributed by atoms with Crippen molar-refractivity contribution in [2.75, 3.05) is 26.2 Å². The first-order valence-corrected chi connectivity index (χ1v) is 6.42. The van der Waals surface area contributed by atoms with E-state index in [2.05, 4.69) is 12.6 Å². The van der Waals surface area contributed by atoms with E-state index >= 15 is 0 Å². The van der Waals surface area contributed by atoms with Crippen LogP contribution in [0, 0.1) is 0 Å². The lowest BCUT2D eigenvalue weighted by molar-refractivity contribution is -0.128. The van der Waals surface area contributed by atoms with Gasteiger partial charge in [-0.05, 0) is 12.8 Å². The lowest BCUT2D eigenvalue weighted by atomic mass is 10.3. The second kappa shape index (κ2) is 5.08. The van der Waals surface area contributed by atoms with E-state index in [0.717, 1.165) is 39.0 Å². The molecule has 1 atom stereocenters. The minimum Gasteiger partial charge on any atom is -0.343 e. The van der Waals surface area contributed by atoms with Crippen LogP contribution in [0.1, 0.15) is 25.7 Å². The summed E-state index contributed by atoms with van der Waals surface area (Å²) in [6, 6.07) is 0. The zero-order valence-electron chi connectivity index (χ0n) is 9.39. The maximum absolute atomic E-state index is 11.5. The lowest BCUT2D eigenvalue weighted by Crippen LogP contribution is -2.31. The van der Waals surface area contributed by atoms with Gasteiger partial charge in [0, 0.05) is 44.3 Å². The molecule has 4 nitrogen and oxygen atoms in total. The van der Waals surface area contributed by atoms with Crippen LogP contribution in [-0.2, 0) is 9.59 Å². The molecule has 1 unspecified atom stereocenters. The summed E-state index contributed by atoms with van der Waals surface area (Å²) in [6.45, 7) is 3.21. The van der Waals surface area contributed by atoms with Crippen molar-refractivity contribution in [1.29, 1.82) is 0 Å². The molecule has 2 heterocycles. The van der Waals surface area contributed by atoms with Crippen molar-refractivity contribution < 1.29 is 9.59 Å². The van der Waals surface area contributed by atoms with Gasteiger partial charge in [0.15, 0.2) is 0 Å². The molecule has 0 aromatic carbocycles. The van der Waals surface area contributed by atoms with E-state index in [4.69, 9.17) is 0 Å². The van der Waals surface area contributed by atoms with Crippen LogP contribution in [0.15, 0.2) is 0 Å². The largest absolute Gasteiger partial charge is 0.343 e. The Labute approximate surface area is 101 Å². The van der Waals surface area contributed by atoms with Crippen LogP contribution in [0.2, 0.25) is 0 Å². The Hall–Kier alpha value is -0.710. The number of hydrogen-bond acceptors (Lipinski definition) is 3. The van der Waals surface area contributed by atoms with E-state index in [0.29, 0.717) is 12.8 Å². The van der Waals surface area contributed by atoms with Gasteiger partial charge in [-0.1, -0.05) is 0 Å². The summed E-state index contributed by atoms with van der Waals surface area (Å²) in [7, 11) is 0. The van der Waals surface area contributed by atoms with E-state index in [1.807, 2.05) is 9.80 Å². The highest BCUT2D eigenvalue weighted by atomic mass is 32.1. The van der Waals surface area contributed by atoms with Gasteiger partial charge in [-0.2, -0.15) is 12.6 Å². The Morgan fingerprint density at radius 3 is 2.50 bits per heavy atom. The molecular weight excluding hydrogens is 224 g/mol. The number of carbonyl (C=O) groups excluding carboxylic acids is 2. The predicted octanol–water partition coefficient (Wildman–Crippen LogP) is 0.530. The third-order valence-electron chi connectivity index (χ3n) is 3.22. The number of nitrogens with zero attached hydrogens (tertiary/aromatic N) is 2. The molecule has 0 bridgehead atoms. The molecule has 2 rings (SSSR count). The molecule has 2 fully saturated rings. The normalized spacial score (nSPS) is 25.9. The SMILES string of the molecule is O=C1CCCN1CCCN1CC(S)CC1=O. The van der Waals surface area contributed by atoms with Crippen molar-refractivity contribution in [3.05, 3.63) is 0 Å². The zero-order chi connectivity index (χ0) is 11.5. The molecule has 0 aromatic heterocycles. The van der Waals surface area contributed by atoms with Gasteiger partial charge in [-0.25, -0.2) is 0 Å². The van der Waals surface area contributed by atoms with Crippen LogP contribution in [0.5, 0.6) is 0 Å². The standard InChI is InChI=1S/C11H18N2O2S/c14-10-3-1-4-12(10)5-2-6-13-8-9(16)7-11(13)15/h9,16H,1-8H2. The van der Waals surface area contributed by atoms with Gasteiger partial charge in [0.1, 0.15) is 0 Å². The number of amides is 2. The summed E-state index contributed by atoms with van der Waals surface area (Å²) in [5.41, 5.74) is 0.